The van der Waals surface area contributed by atoms with E-state index in [0.29, 0.717) is 5.69 Å². The van der Waals surface area contributed by atoms with Crippen LogP contribution in [-0.4, -0.2) is 47.1 Å². The van der Waals surface area contributed by atoms with Crippen LogP contribution in [0.3, 0.4) is 0 Å². The van der Waals surface area contributed by atoms with Gasteiger partial charge in [-0.25, -0.2) is 16.8 Å². The molecule has 13 heteroatoms. The third-order valence-corrected chi connectivity index (χ3v) is 7.67. The maximum absolute atomic E-state index is 13.0. The van der Waals surface area contributed by atoms with Gasteiger partial charge < -0.3 is 10.1 Å². The number of nitrogens with zero attached hydrogens (tertiary/aromatic N) is 2. The number of aromatic nitrogens is 1. The number of ether oxygens (including phenoxy) is 1. The fourth-order valence-corrected chi connectivity index (χ4v) is 5.60. The van der Waals surface area contributed by atoms with Crippen LogP contribution in [0.5, 0.6) is 5.75 Å². The van der Waals surface area contributed by atoms with Crippen LogP contribution in [0.15, 0.2) is 71.9 Å². The first-order valence-corrected chi connectivity index (χ1v) is 13.8. The van der Waals surface area contributed by atoms with Gasteiger partial charge in [0.15, 0.2) is 0 Å². The normalized spacial score (nSPS) is 12.5. The number of pyridine rings is 1. The highest BCUT2D eigenvalue weighted by Crippen LogP contribution is 2.34. The molecule has 35 heavy (non-hydrogen) atoms. The molecular formula is C22H23ClN4O6S2. The van der Waals surface area contributed by atoms with Gasteiger partial charge in [0.05, 0.1) is 35.8 Å². The molecule has 0 bridgehead atoms. The van der Waals surface area contributed by atoms with E-state index in [9.17, 15) is 21.6 Å². The van der Waals surface area contributed by atoms with Gasteiger partial charge in [-0.1, -0.05) is 11.6 Å². The Kier molecular flexibility index (Phi) is 7.88. The van der Waals surface area contributed by atoms with Gasteiger partial charge in [-0.3, -0.25) is 18.8 Å². The highest BCUT2D eigenvalue weighted by Gasteiger charge is 2.31. The maximum Gasteiger partial charge on any atom is 0.261 e. The molecule has 1 amide bonds. The van der Waals surface area contributed by atoms with Crippen LogP contribution in [0.2, 0.25) is 5.02 Å². The lowest BCUT2D eigenvalue weighted by atomic mass is 10.2. The monoisotopic (exact) mass is 538 g/mol. The van der Waals surface area contributed by atoms with E-state index in [2.05, 4.69) is 15.0 Å². The number of sulfonamides is 2. The fraction of sp³-hybridized carbons (Fsp3) is 0.182. The molecule has 0 saturated heterocycles. The zero-order valence-electron chi connectivity index (χ0n) is 19.0. The van der Waals surface area contributed by atoms with Crippen molar-refractivity contribution in [3.8, 4) is 5.75 Å². The first-order chi connectivity index (χ1) is 16.4. The molecule has 0 fully saturated rings. The Hall–Kier alpha value is -3.35. The minimum atomic E-state index is -3.92. The van der Waals surface area contributed by atoms with E-state index in [1.54, 1.807) is 12.1 Å². The lowest BCUT2D eigenvalue weighted by Gasteiger charge is -2.29. The summed E-state index contributed by atoms with van der Waals surface area (Å²) < 4.78 is 58.9. The van der Waals surface area contributed by atoms with Crippen molar-refractivity contribution < 1.29 is 26.4 Å². The summed E-state index contributed by atoms with van der Waals surface area (Å²) in [4.78, 5) is 16.8. The summed E-state index contributed by atoms with van der Waals surface area (Å²) >= 11 is 6.05. The number of benzene rings is 2. The lowest BCUT2D eigenvalue weighted by Crippen LogP contribution is -2.45. The molecule has 0 aliphatic heterocycles. The van der Waals surface area contributed by atoms with Crippen molar-refractivity contribution in [3.05, 3.63) is 72.0 Å². The molecule has 186 valence electrons. The lowest BCUT2D eigenvalue weighted by molar-refractivity contribution is -0.116. The van der Waals surface area contributed by atoms with Gasteiger partial charge in [0.25, 0.3) is 10.0 Å². The van der Waals surface area contributed by atoms with Crippen molar-refractivity contribution in [2.24, 2.45) is 0 Å². The number of amides is 1. The van der Waals surface area contributed by atoms with Crippen LogP contribution in [-0.2, 0) is 24.8 Å². The van der Waals surface area contributed by atoms with Crippen molar-refractivity contribution in [2.45, 2.75) is 17.9 Å². The van der Waals surface area contributed by atoms with Crippen molar-refractivity contribution >= 4 is 54.6 Å². The van der Waals surface area contributed by atoms with Crippen LogP contribution in [0.4, 0.5) is 17.1 Å². The summed E-state index contributed by atoms with van der Waals surface area (Å²) in [5.41, 5.74) is 0.678. The van der Waals surface area contributed by atoms with Crippen molar-refractivity contribution in [1.29, 1.82) is 0 Å². The first kappa shape index (κ1) is 26.3. The molecule has 0 saturated carbocycles. The quantitative estimate of drug-likeness (QED) is 0.426. The molecule has 0 aliphatic rings. The molecule has 0 radical (unpaired) electrons. The fourth-order valence-electron chi connectivity index (χ4n) is 3.22. The molecule has 0 unspecified atom stereocenters. The number of anilines is 3. The molecular weight excluding hydrogens is 516 g/mol. The second-order valence-corrected chi connectivity index (χ2v) is 11.4. The number of carbonyl (C=O) groups excluding carboxylic acids is 1. The summed E-state index contributed by atoms with van der Waals surface area (Å²) in [5.74, 6) is -0.434. The number of nitrogens with one attached hydrogen (secondary N) is 2. The second-order valence-electron chi connectivity index (χ2n) is 7.41. The Balaban J connectivity index is 1.81. The molecule has 10 nitrogen and oxygen atoms in total. The van der Waals surface area contributed by atoms with E-state index in [1.807, 2.05) is 0 Å². The Labute approximate surface area is 209 Å². The Morgan fingerprint density at radius 2 is 1.74 bits per heavy atom. The standard InChI is InChI=1S/C22H23ClN4O6S2/c1-15(27(34(3,29)30)20-13-16(23)6-11-21(20)33-2)22(28)25-17-7-9-19(10-8-17)35(31,32)26-18-5-4-12-24-14-18/h4-15,26H,1-3H3,(H,25,28)/t15-/m0/s1. The zero-order chi connectivity index (χ0) is 25.8. The SMILES string of the molecule is COc1ccc(Cl)cc1N([C@@H](C)C(=O)Nc1ccc(S(=O)(=O)Nc2cccnc2)cc1)S(C)(=O)=O. The van der Waals surface area contributed by atoms with Gasteiger partial charge >= 0.3 is 0 Å². The van der Waals surface area contributed by atoms with Gasteiger partial charge in [0.1, 0.15) is 11.8 Å². The number of hydrogen-bond acceptors (Lipinski definition) is 7. The van der Waals surface area contributed by atoms with Crippen molar-refractivity contribution in [2.75, 3.05) is 27.7 Å². The average Bonchev–Trinajstić information content (AvgIpc) is 2.79. The highest BCUT2D eigenvalue weighted by molar-refractivity contribution is 7.92. The molecule has 0 spiro atoms. The molecule has 1 heterocycles. The van der Waals surface area contributed by atoms with E-state index >= 15 is 0 Å². The summed E-state index contributed by atoms with van der Waals surface area (Å²) in [5, 5.41) is 2.86. The van der Waals surface area contributed by atoms with Crippen LogP contribution in [0, 0.1) is 0 Å². The Morgan fingerprint density at radius 1 is 1.06 bits per heavy atom. The van der Waals surface area contributed by atoms with Gasteiger partial charge in [-0.05, 0) is 61.5 Å². The van der Waals surface area contributed by atoms with Gasteiger partial charge in [0.2, 0.25) is 15.9 Å². The minimum absolute atomic E-state index is 0.0335. The predicted octanol–water partition coefficient (Wildman–Crippen LogP) is 3.34. The number of rotatable bonds is 9. The summed E-state index contributed by atoms with van der Waals surface area (Å²) in [6, 6.07) is 11.8. The molecule has 1 atom stereocenters. The Bertz CT molecular complexity index is 1420. The Morgan fingerprint density at radius 3 is 2.31 bits per heavy atom. The smallest absolute Gasteiger partial charge is 0.261 e. The number of methoxy groups -OCH3 is 1. The number of halogens is 1. The van der Waals surface area contributed by atoms with Crippen LogP contribution in [0.25, 0.3) is 0 Å². The molecule has 3 rings (SSSR count). The minimum Gasteiger partial charge on any atom is -0.495 e. The summed E-state index contributed by atoms with van der Waals surface area (Å²) in [6.07, 6.45) is 3.85. The van der Waals surface area contributed by atoms with E-state index in [1.165, 1.54) is 68.9 Å². The summed E-state index contributed by atoms with van der Waals surface area (Å²) in [7, 11) is -6.42. The van der Waals surface area contributed by atoms with Crippen molar-refractivity contribution in [1.82, 2.24) is 4.98 Å². The van der Waals surface area contributed by atoms with Crippen LogP contribution in [0.1, 0.15) is 6.92 Å². The first-order valence-electron chi connectivity index (χ1n) is 10.1. The molecule has 2 N–H and O–H groups in total. The third kappa shape index (κ3) is 6.41. The third-order valence-electron chi connectivity index (χ3n) is 4.81. The van der Waals surface area contributed by atoms with E-state index in [0.717, 1.165) is 10.6 Å². The molecule has 3 aromatic rings. The van der Waals surface area contributed by atoms with E-state index in [-0.39, 0.29) is 27.0 Å². The number of carbonyl (C=O) groups is 1. The number of hydrogen-bond donors (Lipinski definition) is 2. The average molecular weight is 539 g/mol. The maximum atomic E-state index is 13.0. The van der Waals surface area contributed by atoms with Gasteiger partial charge in [0, 0.05) is 16.9 Å². The topological polar surface area (TPSA) is 135 Å². The zero-order valence-corrected chi connectivity index (χ0v) is 21.4. The highest BCUT2D eigenvalue weighted by atomic mass is 35.5. The van der Waals surface area contributed by atoms with E-state index < -0.39 is 32.0 Å². The summed E-state index contributed by atoms with van der Waals surface area (Å²) in [6.45, 7) is 1.41. The van der Waals surface area contributed by atoms with Gasteiger partial charge in [-0.15, -0.1) is 0 Å². The molecule has 1 aromatic heterocycles. The van der Waals surface area contributed by atoms with Gasteiger partial charge in [-0.2, -0.15) is 0 Å². The second kappa shape index (κ2) is 10.5. The predicted molar refractivity (Wildman–Crippen MR) is 135 cm³/mol. The molecule has 0 aliphatic carbocycles. The van der Waals surface area contributed by atoms with Crippen LogP contribution >= 0.6 is 11.6 Å². The van der Waals surface area contributed by atoms with Crippen molar-refractivity contribution in [3.63, 3.8) is 0 Å². The largest absolute Gasteiger partial charge is 0.495 e. The van der Waals surface area contributed by atoms with E-state index in [4.69, 9.17) is 16.3 Å². The van der Waals surface area contributed by atoms with Crippen LogP contribution < -0.4 is 19.1 Å². The molecule has 2 aromatic carbocycles.